The Morgan fingerprint density at radius 1 is 1.27 bits per heavy atom. The van der Waals surface area contributed by atoms with Crippen LogP contribution in [0.3, 0.4) is 0 Å². The second-order valence-corrected chi connectivity index (χ2v) is 5.72. The van der Waals surface area contributed by atoms with Crippen LogP contribution in [-0.4, -0.2) is 49.1 Å². The van der Waals surface area contributed by atoms with Gasteiger partial charge in [-0.15, -0.1) is 24.8 Å². The molecule has 0 bridgehead atoms. The van der Waals surface area contributed by atoms with Crippen molar-refractivity contribution in [1.29, 1.82) is 0 Å². The van der Waals surface area contributed by atoms with Crippen LogP contribution in [0.1, 0.15) is 11.6 Å². The van der Waals surface area contributed by atoms with Gasteiger partial charge < -0.3 is 15.4 Å². The lowest BCUT2D eigenvalue weighted by Gasteiger charge is -2.36. The molecule has 1 aliphatic rings. The Balaban J connectivity index is 0.00000169. The number of nitrogens with one attached hydrogen (secondary N) is 2. The Kier molecular flexibility index (Phi) is 9.37. The summed E-state index contributed by atoms with van der Waals surface area (Å²) in [5.41, 5.74) is 1.86. The fraction of sp³-hybridized carbons (Fsp3) is 0.333. The van der Waals surface area contributed by atoms with Crippen LogP contribution in [0.4, 0.5) is 5.69 Å². The zero-order valence-electron chi connectivity index (χ0n) is 14.6. The van der Waals surface area contributed by atoms with Gasteiger partial charge in [0.2, 0.25) is 5.91 Å². The number of hydrogen-bond acceptors (Lipinski definition) is 5. The van der Waals surface area contributed by atoms with E-state index >= 15 is 0 Å². The van der Waals surface area contributed by atoms with Gasteiger partial charge in [0, 0.05) is 43.3 Å². The molecule has 0 aliphatic carbocycles. The largest absolute Gasteiger partial charge is 0.496 e. The summed E-state index contributed by atoms with van der Waals surface area (Å²) in [4.78, 5) is 18.5. The van der Waals surface area contributed by atoms with Gasteiger partial charge in [0.1, 0.15) is 5.75 Å². The van der Waals surface area contributed by atoms with Crippen molar-refractivity contribution in [3.63, 3.8) is 0 Å². The van der Waals surface area contributed by atoms with Crippen LogP contribution >= 0.6 is 24.8 Å². The van der Waals surface area contributed by atoms with E-state index in [-0.39, 0.29) is 36.8 Å². The average Bonchev–Trinajstić information content (AvgIpc) is 2.63. The fourth-order valence-electron chi connectivity index (χ4n) is 3.00. The number of hydrogen-bond donors (Lipinski definition) is 2. The predicted octanol–water partition coefficient (Wildman–Crippen LogP) is 2.52. The van der Waals surface area contributed by atoms with Gasteiger partial charge in [-0.25, -0.2) is 0 Å². The Hall–Kier alpha value is -1.86. The first-order valence-corrected chi connectivity index (χ1v) is 8.05. The topological polar surface area (TPSA) is 66.5 Å². The van der Waals surface area contributed by atoms with E-state index in [4.69, 9.17) is 4.74 Å². The first-order chi connectivity index (χ1) is 11.8. The van der Waals surface area contributed by atoms with E-state index in [0.717, 1.165) is 36.6 Å². The molecule has 3 rings (SSSR count). The number of amides is 1. The monoisotopic (exact) mass is 398 g/mol. The van der Waals surface area contributed by atoms with Crippen LogP contribution in [0, 0.1) is 0 Å². The molecular formula is C18H24Cl2N4O2. The molecule has 1 saturated heterocycles. The molecule has 0 radical (unpaired) electrons. The lowest BCUT2D eigenvalue weighted by molar-refractivity contribution is -0.118. The summed E-state index contributed by atoms with van der Waals surface area (Å²) in [5, 5.41) is 6.32. The van der Waals surface area contributed by atoms with Crippen molar-refractivity contribution in [2.75, 3.05) is 38.6 Å². The molecule has 1 aromatic carbocycles. The first kappa shape index (κ1) is 22.2. The molecule has 1 amide bonds. The van der Waals surface area contributed by atoms with Gasteiger partial charge in [0.05, 0.1) is 19.7 Å². The Labute approximate surface area is 166 Å². The van der Waals surface area contributed by atoms with Gasteiger partial charge in [-0.2, -0.15) is 0 Å². The summed E-state index contributed by atoms with van der Waals surface area (Å²) in [6.45, 7) is 2.82. The lowest BCUT2D eigenvalue weighted by Crippen LogP contribution is -2.48. The summed E-state index contributed by atoms with van der Waals surface area (Å²) in [6.07, 6.45) is 3.33. The normalized spacial score (nSPS) is 16.7. The second kappa shape index (κ2) is 11.0. The van der Waals surface area contributed by atoms with Crippen LogP contribution in [0.15, 0.2) is 48.8 Å². The van der Waals surface area contributed by atoms with Gasteiger partial charge in [-0.3, -0.25) is 14.7 Å². The molecule has 0 saturated carbocycles. The van der Waals surface area contributed by atoms with Crippen molar-refractivity contribution in [1.82, 2.24) is 15.2 Å². The lowest BCUT2D eigenvalue weighted by atomic mass is 10.0. The molecule has 2 aromatic rings. The predicted molar refractivity (Wildman–Crippen MR) is 108 cm³/mol. The molecule has 1 aromatic heterocycles. The highest BCUT2D eigenvalue weighted by molar-refractivity contribution is 5.92. The average molecular weight is 399 g/mol. The smallest absolute Gasteiger partial charge is 0.238 e. The number of ether oxygens (including phenoxy) is 1. The zero-order valence-corrected chi connectivity index (χ0v) is 16.2. The number of rotatable bonds is 5. The summed E-state index contributed by atoms with van der Waals surface area (Å²) >= 11 is 0. The Morgan fingerprint density at radius 2 is 2.00 bits per heavy atom. The van der Waals surface area contributed by atoms with Crippen molar-refractivity contribution in [2.45, 2.75) is 6.04 Å². The number of anilines is 1. The molecule has 2 heterocycles. The minimum absolute atomic E-state index is 0. The van der Waals surface area contributed by atoms with Crippen LogP contribution in [0.25, 0.3) is 0 Å². The molecule has 8 heteroatoms. The number of carbonyl (C=O) groups is 1. The van der Waals surface area contributed by atoms with Crippen LogP contribution in [-0.2, 0) is 4.79 Å². The molecule has 1 unspecified atom stereocenters. The Morgan fingerprint density at radius 3 is 2.73 bits per heavy atom. The summed E-state index contributed by atoms with van der Waals surface area (Å²) in [7, 11) is 1.68. The van der Waals surface area contributed by atoms with Gasteiger partial charge in [0.25, 0.3) is 0 Å². The molecule has 142 valence electrons. The Bertz CT molecular complexity index is 688. The minimum Gasteiger partial charge on any atom is -0.496 e. The molecule has 1 fully saturated rings. The van der Waals surface area contributed by atoms with Gasteiger partial charge in [-0.05, 0) is 18.2 Å². The third-order valence-electron chi connectivity index (χ3n) is 4.16. The molecule has 1 atom stereocenters. The van der Waals surface area contributed by atoms with E-state index in [2.05, 4.69) is 26.6 Å². The first-order valence-electron chi connectivity index (χ1n) is 8.05. The van der Waals surface area contributed by atoms with E-state index in [9.17, 15) is 4.79 Å². The summed E-state index contributed by atoms with van der Waals surface area (Å²) < 4.78 is 5.49. The SMILES string of the molecule is COc1ccccc1C1CNCCN1CC(=O)Nc1ccncc1.Cl.Cl. The maximum absolute atomic E-state index is 12.4. The molecule has 0 spiro atoms. The van der Waals surface area contributed by atoms with Crippen molar-refractivity contribution in [2.24, 2.45) is 0 Å². The number of aromatic nitrogens is 1. The summed E-state index contributed by atoms with van der Waals surface area (Å²) in [5.74, 6) is 0.828. The molecule has 26 heavy (non-hydrogen) atoms. The van der Waals surface area contributed by atoms with E-state index in [0.29, 0.717) is 6.54 Å². The van der Waals surface area contributed by atoms with Crippen molar-refractivity contribution in [3.8, 4) is 5.75 Å². The van der Waals surface area contributed by atoms with Crippen molar-refractivity contribution in [3.05, 3.63) is 54.4 Å². The number of carbonyl (C=O) groups excluding carboxylic acids is 1. The molecular weight excluding hydrogens is 375 g/mol. The third-order valence-corrected chi connectivity index (χ3v) is 4.16. The maximum Gasteiger partial charge on any atom is 0.238 e. The van der Waals surface area contributed by atoms with E-state index in [1.807, 2.05) is 18.2 Å². The fourth-order valence-corrected chi connectivity index (χ4v) is 3.00. The number of nitrogens with zero attached hydrogens (tertiary/aromatic N) is 2. The van der Waals surface area contributed by atoms with E-state index in [1.54, 1.807) is 31.6 Å². The highest BCUT2D eigenvalue weighted by Crippen LogP contribution is 2.29. The van der Waals surface area contributed by atoms with Crippen LogP contribution in [0.5, 0.6) is 5.75 Å². The maximum atomic E-state index is 12.4. The highest BCUT2D eigenvalue weighted by atomic mass is 35.5. The van der Waals surface area contributed by atoms with E-state index < -0.39 is 0 Å². The summed E-state index contributed by atoms with van der Waals surface area (Å²) in [6, 6.07) is 11.7. The quantitative estimate of drug-likeness (QED) is 0.809. The van der Waals surface area contributed by atoms with Gasteiger partial charge in [0.15, 0.2) is 0 Å². The van der Waals surface area contributed by atoms with Crippen molar-refractivity contribution >= 4 is 36.4 Å². The zero-order chi connectivity index (χ0) is 16.8. The highest BCUT2D eigenvalue weighted by Gasteiger charge is 2.27. The second-order valence-electron chi connectivity index (χ2n) is 5.72. The minimum atomic E-state index is -0.0250. The molecule has 6 nitrogen and oxygen atoms in total. The number of halogens is 2. The number of pyridine rings is 1. The van der Waals surface area contributed by atoms with Crippen LogP contribution in [0.2, 0.25) is 0 Å². The molecule has 2 N–H and O–H groups in total. The number of para-hydroxylation sites is 1. The number of piperazine rings is 1. The van der Waals surface area contributed by atoms with Gasteiger partial charge in [-0.1, -0.05) is 18.2 Å². The number of benzene rings is 1. The van der Waals surface area contributed by atoms with Crippen LogP contribution < -0.4 is 15.4 Å². The molecule has 1 aliphatic heterocycles. The van der Waals surface area contributed by atoms with Gasteiger partial charge >= 0.3 is 0 Å². The third kappa shape index (κ3) is 5.57. The van der Waals surface area contributed by atoms with Crippen molar-refractivity contribution < 1.29 is 9.53 Å². The standard InChI is InChI=1S/C18H22N4O2.2ClH/c1-24-17-5-3-2-4-15(17)16-12-20-10-11-22(16)13-18(23)21-14-6-8-19-9-7-14;;/h2-9,16,20H,10-13H2,1H3,(H,19,21,23);2*1H. The number of methoxy groups -OCH3 is 1. The van der Waals surface area contributed by atoms with E-state index in [1.165, 1.54) is 0 Å².